The van der Waals surface area contributed by atoms with Crippen LogP contribution in [0.15, 0.2) is 12.2 Å². The largest absolute Gasteiger partial charge is 0.0878 e. The topological polar surface area (TPSA) is 0 Å². The Balaban J connectivity index is 2.26. The molecule has 6 heavy (non-hydrogen) atoms. The van der Waals surface area contributed by atoms with E-state index in [0.717, 1.165) is 0 Å². The van der Waals surface area contributed by atoms with E-state index in [2.05, 4.69) is 12.2 Å². The molecular formula is C5H8P. The van der Waals surface area contributed by atoms with Crippen molar-refractivity contribution in [1.29, 1.82) is 0 Å². The van der Waals surface area contributed by atoms with Gasteiger partial charge >= 0.3 is 0 Å². The lowest BCUT2D eigenvalue weighted by Gasteiger charge is -1.97. The van der Waals surface area contributed by atoms with Gasteiger partial charge in [-0.3, -0.25) is 0 Å². The quantitative estimate of drug-likeness (QED) is 0.321. The predicted octanol–water partition coefficient (Wildman–Crippen LogP) is 1.89. The van der Waals surface area contributed by atoms with Crippen molar-refractivity contribution in [1.82, 2.24) is 0 Å². The molecule has 0 unspecified atom stereocenters. The van der Waals surface area contributed by atoms with Crippen LogP contribution in [0.3, 0.4) is 0 Å². The first kappa shape index (κ1) is 4.33. The van der Waals surface area contributed by atoms with Gasteiger partial charge in [-0.05, 0) is 18.7 Å². The van der Waals surface area contributed by atoms with Gasteiger partial charge in [0.1, 0.15) is 0 Å². The van der Waals surface area contributed by atoms with Gasteiger partial charge < -0.3 is 0 Å². The predicted molar refractivity (Wildman–Crippen MR) is 30.4 cm³/mol. The number of allylic oxidation sites excluding steroid dienone is 2. The summed E-state index contributed by atoms with van der Waals surface area (Å²) >= 11 is 0. The second-order valence-electron chi connectivity index (χ2n) is 1.39. The maximum Gasteiger partial charge on any atom is -0.0106 e. The highest BCUT2D eigenvalue weighted by molar-refractivity contribution is 7.38. The molecule has 0 saturated heterocycles. The minimum atomic E-state index is 1.29. The molecule has 0 atom stereocenters. The molecule has 0 aliphatic carbocycles. The standard InChI is InChI=1S/C5H8P/c1-2-4-6-5-3-1/h1-2H,3-5H2. The molecular weight excluding hydrogens is 91.0 g/mol. The van der Waals surface area contributed by atoms with Crippen molar-refractivity contribution < 1.29 is 0 Å². The Bertz CT molecular complexity index is 49.0. The molecule has 1 aliphatic heterocycles. The van der Waals surface area contributed by atoms with Gasteiger partial charge in [0, 0.05) is 0 Å². The molecule has 0 aromatic carbocycles. The third-order valence-electron chi connectivity index (χ3n) is 0.855. The lowest BCUT2D eigenvalue weighted by Crippen LogP contribution is -1.80. The number of hydrogen-bond acceptors (Lipinski definition) is 0. The fraction of sp³-hybridized carbons (Fsp3) is 0.600. The lowest BCUT2D eigenvalue weighted by atomic mass is 10.4. The number of hydrogen-bond donors (Lipinski definition) is 0. The summed E-state index contributed by atoms with van der Waals surface area (Å²) < 4.78 is 0. The van der Waals surface area contributed by atoms with E-state index < -0.39 is 0 Å². The van der Waals surface area contributed by atoms with E-state index in [0.29, 0.717) is 0 Å². The Hall–Kier alpha value is 0.170. The summed E-state index contributed by atoms with van der Waals surface area (Å²) in [5.41, 5.74) is 0. The van der Waals surface area contributed by atoms with Crippen molar-refractivity contribution in [2.45, 2.75) is 6.42 Å². The second kappa shape index (κ2) is 2.36. The Labute approximate surface area is 40.4 Å². The van der Waals surface area contributed by atoms with Gasteiger partial charge in [-0.1, -0.05) is 20.7 Å². The SMILES string of the molecule is C1=CC[P]CC1. The molecule has 0 fully saturated rings. The van der Waals surface area contributed by atoms with Gasteiger partial charge in [-0.15, -0.1) is 0 Å². The van der Waals surface area contributed by atoms with Crippen LogP contribution in [0.4, 0.5) is 0 Å². The molecule has 0 bridgehead atoms. The van der Waals surface area contributed by atoms with Crippen molar-refractivity contribution in [3.8, 4) is 0 Å². The van der Waals surface area contributed by atoms with Gasteiger partial charge in [0.25, 0.3) is 0 Å². The summed E-state index contributed by atoms with van der Waals surface area (Å²) in [6, 6.07) is 0. The molecule has 1 radical (unpaired) electrons. The summed E-state index contributed by atoms with van der Waals surface area (Å²) in [5.74, 6) is 0. The normalized spacial score (nSPS) is 25.3. The summed E-state index contributed by atoms with van der Waals surface area (Å²) in [5, 5.41) is 0. The third-order valence-corrected chi connectivity index (χ3v) is 1.90. The van der Waals surface area contributed by atoms with E-state index >= 15 is 0 Å². The first-order valence-corrected chi connectivity index (χ1v) is 3.55. The highest BCUT2D eigenvalue weighted by Crippen LogP contribution is 2.15. The van der Waals surface area contributed by atoms with Crippen LogP contribution in [0.5, 0.6) is 0 Å². The zero-order valence-corrected chi connectivity index (χ0v) is 4.62. The lowest BCUT2D eigenvalue weighted by molar-refractivity contribution is 1.21. The van der Waals surface area contributed by atoms with Crippen LogP contribution in [0.25, 0.3) is 0 Å². The van der Waals surface area contributed by atoms with Crippen LogP contribution in [0.2, 0.25) is 0 Å². The molecule has 1 aliphatic rings. The van der Waals surface area contributed by atoms with Gasteiger partial charge in [-0.2, -0.15) is 0 Å². The van der Waals surface area contributed by atoms with Crippen LogP contribution in [0.1, 0.15) is 6.42 Å². The maximum absolute atomic E-state index is 2.26. The smallest absolute Gasteiger partial charge is 0.0106 e. The van der Waals surface area contributed by atoms with Crippen molar-refractivity contribution in [2.75, 3.05) is 12.3 Å². The molecule has 1 heterocycles. The minimum Gasteiger partial charge on any atom is -0.0878 e. The Morgan fingerprint density at radius 1 is 1.33 bits per heavy atom. The zero-order valence-electron chi connectivity index (χ0n) is 3.72. The van der Waals surface area contributed by atoms with Crippen LogP contribution in [-0.2, 0) is 0 Å². The third kappa shape index (κ3) is 1.10. The van der Waals surface area contributed by atoms with Gasteiger partial charge in [0.15, 0.2) is 0 Å². The molecule has 0 amide bonds. The van der Waals surface area contributed by atoms with Crippen molar-refractivity contribution in [3.63, 3.8) is 0 Å². The summed E-state index contributed by atoms with van der Waals surface area (Å²) in [6.07, 6.45) is 8.50. The molecule has 0 aromatic rings. The molecule has 1 heteroatoms. The van der Waals surface area contributed by atoms with Gasteiger partial charge in [0.05, 0.1) is 0 Å². The maximum atomic E-state index is 2.26. The van der Waals surface area contributed by atoms with E-state index in [1.54, 1.807) is 8.58 Å². The Morgan fingerprint density at radius 2 is 2.33 bits per heavy atom. The Kier molecular flexibility index (Phi) is 1.71. The van der Waals surface area contributed by atoms with Gasteiger partial charge in [0.2, 0.25) is 0 Å². The summed E-state index contributed by atoms with van der Waals surface area (Å²) in [7, 11) is 1.61. The highest BCUT2D eigenvalue weighted by atomic mass is 31.1. The first-order chi connectivity index (χ1) is 3.00. The molecule has 1 rings (SSSR count). The molecule has 0 saturated carbocycles. The Morgan fingerprint density at radius 3 is 2.50 bits per heavy atom. The van der Waals surface area contributed by atoms with Crippen molar-refractivity contribution in [3.05, 3.63) is 12.2 Å². The monoisotopic (exact) mass is 99.0 g/mol. The van der Waals surface area contributed by atoms with Crippen LogP contribution in [-0.4, -0.2) is 12.3 Å². The molecule has 0 aromatic heterocycles. The van der Waals surface area contributed by atoms with Crippen LogP contribution < -0.4 is 0 Å². The molecule has 0 nitrogen and oxygen atoms in total. The zero-order chi connectivity index (χ0) is 4.24. The molecule has 0 N–H and O–H groups in total. The highest BCUT2D eigenvalue weighted by Gasteiger charge is 1.87. The summed E-state index contributed by atoms with van der Waals surface area (Å²) in [4.78, 5) is 0. The fourth-order valence-electron chi connectivity index (χ4n) is 0.524. The van der Waals surface area contributed by atoms with E-state index in [9.17, 15) is 0 Å². The van der Waals surface area contributed by atoms with Gasteiger partial charge in [-0.25, -0.2) is 0 Å². The van der Waals surface area contributed by atoms with E-state index in [-0.39, 0.29) is 0 Å². The molecule has 33 valence electrons. The second-order valence-corrected chi connectivity index (χ2v) is 2.65. The average molecular weight is 99.1 g/mol. The minimum absolute atomic E-state index is 1.29. The van der Waals surface area contributed by atoms with Crippen molar-refractivity contribution in [2.24, 2.45) is 0 Å². The van der Waals surface area contributed by atoms with E-state index in [1.165, 1.54) is 18.7 Å². The van der Waals surface area contributed by atoms with E-state index in [4.69, 9.17) is 0 Å². The fourth-order valence-corrected chi connectivity index (χ4v) is 1.34. The van der Waals surface area contributed by atoms with Crippen LogP contribution in [0, 0.1) is 0 Å². The van der Waals surface area contributed by atoms with Crippen LogP contribution >= 0.6 is 8.58 Å². The number of rotatable bonds is 0. The van der Waals surface area contributed by atoms with Crippen molar-refractivity contribution >= 4 is 8.58 Å². The van der Waals surface area contributed by atoms with E-state index in [1.807, 2.05) is 0 Å². The summed E-state index contributed by atoms with van der Waals surface area (Å²) in [6.45, 7) is 0. The molecule has 0 spiro atoms. The first-order valence-electron chi connectivity index (χ1n) is 2.28. The average Bonchev–Trinajstić information content (AvgIpc) is 1.72.